The third-order valence-electron chi connectivity index (χ3n) is 6.49. The van der Waals surface area contributed by atoms with E-state index in [2.05, 4.69) is 5.32 Å². The Bertz CT molecular complexity index is 1240. The molecule has 1 heterocycles. The van der Waals surface area contributed by atoms with E-state index < -0.39 is 16.8 Å². The first kappa shape index (κ1) is 26.0. The molecule has 2 aromatic rings. The number of nitro benzene ring substituents is 1. The Morgan fingerprint density at radius 3 is 2.44 bits per heavy atom. The second-order valence-corrected chi connectivity index (χ2v) is 10.6. The number of ketones is 1. The number of thioether (sulfide) groups is 1. The number of dihydropyridines is 1. The number of hydrogen-bond acceptors (Lipinski definition) is 7. The number of nitrogens with one attached hydrogen (secondary N) is 1. The van der Waals surface area contributed by atoms with Gasteiger partial charge in [-0.3, -0.25) is 14.9 Å². The van der Waals surface area contributed by atoms with Crippen LogP contribution >= 0.6 is 23.4 Å². The van der Waals surface area contributed by atoms with Gasteiger partial charge in [-0.15, -0.1) is 0 Å². The van der Waals surface area contributed by atoms with Gasteiger partial charge in [-0.25, -0.2) is 4.79 Å². The van der Waals surface area contributed by atoms with E-state index in [1.54, 1.807) is 30.8 Å². The van der Waals surface area contributed by atoms with Gasteiger partial charge in [-0.2, -0.15) is 11.8 Å². The van der Waals surface area contributed by atoms with Gasteiger partial charge in [-0.1, -0.05) is 42.8 Å². The number of non-ortho nitro benzene ring substituents is 1. The van der Waals surface area contributed by atoms with Crippen LogP contribution in [-0.2, 0) is 14.3 Å². The first-order valence-electron chi connectivity index (χ1n) is 11.8. The quantitative estimate of drug-likeness (QED) is 0.198. The highest BCUT2D eigenvalue weighted by Crippen LogP contribution is 2.46. The van der Waals surface area contributed by atoms with Crippen molar-refractivity contribution in [2.24, 2.45) is 0 Å². The molecule has 4 rings (SSSR count). The zero-order chi connectivity index (χ0) is 25.8. The maximum Gasteiger partial charge on any atom is 0.336 e. The summed E-state index contributed by atoms with van der Waals surface area (Å²) in [6.45, 7) is 4.10. The molecule has 0 aromatic heterocycles. The van der Waals surface area contributed by atoms with E-state index in [9.17, 15) is 19.7 Å². The van der Waals surface area contributed by atoms with Crippen molar-refractivity contribution >= 4 is 40.8 Å². The molecule has 0 fully saturated rings. The fraction of sp³-hybridized carbons (Fsp3) is 0.333. The van der Waals surface area contributed by atoms with Gasteiger partial charge in [0.15, 0.2) is 5.78 Å². The number of benzene rings is 2. The summed E-state index contributed by atoms with van der Waals surface area (Å²) in [6.07, 6.45) is 0.888. The van der Waals surface area contributed by atoms with E-state index in [1.165, 1.54) is 12.1 Å². The van der Waals surface area contributed by atoms with E-state index in [-0.39, 0.29) is 24.0 Å². The molecule has 36 heavy (non-hydrogen) atoms. The van der Waals surface area contributed by atoms with Crippen molar-refractivity contribution in [2.45, 2.75) is 38.5 Å². The zero-order valence-corrected chi connectivity index (χ0v) is 21.7. The molecule has 7 nitrogen and oxygen atoms in total. The van der Waals surface area contributed by atoms with Gasteiger partial charge in [-0.05, 0) is 48.3 Å². The fourth-order valence-corrected chi connectivity index (χ4v) is 5.43. The number of hydrogen-bond donors (Lipinski definition) is 1. The third-order valence-corrected chi connectivity index (χ3v) is 7.61. The van der Waals surface area contributed by atoms with Crippen LogP contribution in [0.2, 0.25) is 5.02 Å². The lowest BCUT2D eigenvalue weighted by Crippen LogP contribution is -2.36. The van der Waals surface area contributed by atoms with Crippen molar-refractivity contribution in [3.05, 3.63) is 97.3 Å². The lowest BCUT2D eigenvalue weighted by molar-refractivity contribution is -0.384. The molecule has 0 spiro atoms. The van der Waals surface area contributed by atoms with Crippen molar-refractivity contribution in [3.8, 4) is 0 Å². The van der Waals surface area contributed by atoms with Crippen LogP contribution < -0.4 is 5.32 Å². The van der Waals surface area contributed by atoms with Gasteiger partial charge in [0.05, 0.1) is 10.5 Å². The van der Waals surface area contributed by atoms with Crippen LogP contribution in [0.25, 0.3) is 0 Å². The van der Waals surface area contributed by atoms with Crippen LogP contribution in [0.15, 0.2) is 71.1 Å². The topological polar surface area (TPSA) is 98.5 Å². The number of halogens is 1. The molecular weight excluding hydrogens is 500 g/mol. The van der Waals surface area contributed by atoms with Crippen molar-refractivity contribution in [3.63, 3.8) is 0 Å². The molecule has 2 aromatic carbocycles. The van der Waals surface area contributed by atoms with E-state index in [0.29, 0.717) is 46.0 Å². The Hall–Kier alpha value is -3.10. The number of nitro groups is 1. The monoisotopic (exact) mass is 526 g/mol. The minimum absolute atomic E-state index is 0.0223. The summed E-state index contributed by atoms with van der Waals surface area (Å²) in [4.78, 5) is 37.6. The second kappa shape index (κ2) is 11.3. The minimum atomic E-state index is -0.660. The molecule has 188 valence electrons. The van der Waals surface area contributed by atoms with E-state index in [1.807, 2.05) is 31.2 Å². The van der Waals surface area contributed by atoms with Crippen molar-refractivity contribution in [1.82, 2.24) is 5.32 Å². The first-order valence-corrected chi connectivity index (χ1v) is 13.3. The number of nitrogens with zero attached hydrogens (tertiary/aromatic N) is 1. The number of rotatable bonds is 8. The Balaban J connectivity index is 1.72. The molecule has 0 saturated heterocycles. The summed E-state index contributed by atoms with van der Waals surface area (Å²) >= 11 is 7.72. The zero-order valence-electron chi connectivity index (χ0n) is 20.1. The maximum absolute atomic E-state index is 13.6. The predicted molar refractivity (Wildman–Crippen MR) is 141 cm³/mol. The average molecular weight is 527 g/mol. The molecule has 1 aliphatic carbocycles. The fourth-order valence-electron chi connectivity index (χ4n) is 4.82. The molecule has 0 bridgehead atoms. The summed E-state index contributed by atoms with van der Waals surface area (Å²) in [6, 6.07) is 13.5. The largest absolute Gasteiger partial charge is 0.461 e. The number of Topliss-reactive ketones (excluding diaryl/α,β-unsaturated/α-hetero) is 1. The molecule has 9 heteroatoms. The van der Waals surface area contributed by atoms with Gasteiger partial charge >= 0.3 is 5.97 Å². The molecule has 0 saturated carbocycles. The standard InChI is InChI=1S/C27H27ClN2O5S/c1-3-36-13-12-35-27(32)24-16(2)29-22-14-19(17-4-8-20(28)9-5-17)15-23(31)26(22)25(24)18-6-10-21(11-7-18)30(33)34/h4-11,19,25,29H,3,12-15H2,1-2H3/t19-,25+/m1/s1. The van der Waals surface area contributed by atoms with Crippen molar-refractivity contribution < 1.29 is 19.2 Å². The average Bonchev–Trinajstić information content (AvgIpc) is 2.86. The molecule has 1 aliphatic heterocycles. The minimum Gasteiger partial charge on any atom is -0.461 e. The number of carbonyl (C=O) groups is 2. The predicted octanol–water partition coefficient (Wildman–Crippen LogP) is 5.91. The van der Waals surface area contributed by atoms with Crippen molar-refractivity contribution in [2.75, 3.05) is 18.1 Å². The highest BCUT2D eigenvalue weighted by Gasteiger charge is 2.41. The van der Waals surface area contributed by atoms with Crippen LogP contribution in [0, 0.1) is 10.1 Å². The van der Waals surface area contributed by atoms with Gasteiger partial charge in [0.1, 0.15) is 6.61 Å². The number of carbonyl (C=O) groups excluding carboxylic acids is 2. The summed E-state index contributed by atoms with van der Waals surface area (Å²) in [5, 5.41) is 15.1. The van der Waals surface area contributed by atoms with Crippen molar-refractivity contribution in [1.29, 1.82) is 0 Å². The van der Waals surface area contributed by atoms with Gasteiger partial charge in [0.25, 0.3) is 5.69 Å². The molecule has 0 radical (unpaired) electrons. The van der Waals surface area contributed by atoms with E-state index in [0.717, 1.165) is 17.0 Å². The van der Waals surface area contributed by atoms with Gasteiger partial charge in [0, 0.05) is 52.2 Å². The summed E-state index contributed by atoms with van der Waals surface area (Å²) in [5.41, 5.74) is 3.88. The number of ether oxygens (including phenoxy) is 1. The Morgan fingerprint density at radius 2 is 1.81 bits per heavy atom. The third kappa shape index (κ3) is 5.50. The first-order chi connectivity index (χ1) is 17.3. The molecule has 2 atom stereocenters. The summed E-state index contributed by atoms with van der Waals surface area (Å²) < 4.78 is 5.57. The summed E-state index contributed by atoms with van der Waals surface area (Å²) in [5.74, 6) is 0.370. The van der Waals surface area contributed by atoms with E-state index in [4.69, 9.17) is 16.3 Å². The highest BCUT2D eigenvalue weighted by molar-refractivity contribution is 7.99. The number of allylic oxidation sites excluding steroid dienone is 3. The maximum atomic E-state index is 13.6. The van der Waals surface area contributed by atoms with Crippen LogP contribution in [0.3, 0.4) is 0 Å². The molecule has 0 amide bonds. The van der Waals surface area contributed by atoms with E-state index >= 15 is 0 Å². The Labute approximate surface area is 219 Å². The normalized spacial score (nSPS) is 19.6. The smallest absolute Gasteiger partial charge is 0.336 e. The van der Waals surface area contributed by atoms with Crippen LogP contribution in [0.5, 0.6) is 0 Å². The van der Waals surface area contributed by atoms with Gasteiger partial charge in [0.2, 0.25) is 0 Å². The van der Waals surface area contributed by atoms with Crippen LogP contribution in [-0.4, -0.2) is 34.8 Å². The lowest BCUT2D eigenvalue weighted by Gasteiger charge is -2.36. The summed E-state index contributed by atoms with van der Waals surface area (Å²) in [7, 11) is 0. The Morgan fingerprint density at radius 1 is 1.14 bits per heavy atom. The van der Waals surface area contributed by atoms with Gasteiger partial charge < -0.3 is 10.1 Å². The van der Waals surface area contributed by atoms with Crippen LogP contribution in [0.1, 0.15) is 49.7 Å². The second-order valence-electron chi connectivity index (χ2n) is 8.75. The lowest BCUT2D eigenvalue weighted by atomic mass is 9.71. The molecule has 0 unspecified atom stereocenters. The Kier molecular flexibility index (Phi) is 8.16. The van der Waals surface area contributed by atoms with Crippen LogP contribution in [0.4, 0.5) is 5.69 Å². The molecular formula is C27H27ClN2O5S. The SMILES string of the molecule is CCSCCOC(=O)C1=C(C)NC2=C(C(=O)C[C@H](c3ccc(Cl)cc3)C2)[C@H]1c1ccc([N+](=O)[O-])cc1. The number of esters is 1. The molecule has 1 N–H and O–H groups in total. The molecule has 2 aliphatic rings. The highest BCUT2D eigenvalue weighted by atomic mass is 35.5.